The van der Waals surface area contributed by atoms with Gasteiger partial charge in [-0.1, -0.05) is 30.3 Å². The number of imidazole rings is 1. The number of carbonyl (C=O) groups excluding carboxylic acids is 2. The summed E-state index contributed by atoms with van der Waals surface area (Å²) >= 11 is 0. The van der Waals surface area contributed by atoms with Gasteiger partial charge in [-0.25, -0.2) is 4.98 Å². The lowest BCUT2D eigenvalue weighted by atomic mass is 10.1. The van der Waals surface area contributed by atoms with Crippen LogP contribution in [0.15, 0.2) is 42.9 Å². The Kier molecular flexibility index (Phi) is 5.61. The van der Waals surface area contributed by atoms with Gasteiger partial charge in [-0.3, -0.25) is 14.2 Å². The molecule has 0 radical (unpaired) electrons. The van der Waals surface area contributed by atoms with Gasteiger partial charge in [0, 0.05) is 12.6 Å². The second kappa shape index (κ2) is 7.66. The van der Waals surface area contributed by atoms with Crippen LogP contribution in [0.5, 0.6) is 0 Å². The number of carbonyl (C=O) groups is 2. The Morgan fingerprint density at radius 1 is 1.17 bits per heavy atom. The number of ether oxygens (including phenoxy) is 1. The number of nitrogens with zero attached hydrogens (tertiary/aromatic N) is 2. The van der Waals surface area contributed by atoms with E-state index in [1.807, 2.05) is 30.3 Å². The summed E-state index contributed by atoms with van der Waals surface area (Å²) in [6.07, 6.45) is 3.55. The first-order valence-corrected chi connectivity index (χ1v) is 7.21. The number of benzene rings is 1. The van der Waals surface area contributed by atoms with E-state index in [9.17, 15) is 9.59 Å². The SMILES string of the molecule is COC(=O)[C@@H](N)Cc1cn(C(=O)[C@@H](N)Cc2ccccc2)cn1. The van der Waals surface area contributed by atoms with E-state index in [4.69, 9.17) is 11.5 Å². The van der Waals surface area contributed by atoms with Crippen molar-refractivity contribution in [2.45, 2.75) is 24.9 Å². The summed E-state index contributed by atoms with van der Waals surface area (Å²) in [5.74, 6) is -0.786. The molecule has 0 unspecified atom stereocenters. The highest BCUT2D eigenvalue weighted by Gasteiger charge is 2.19. The summed E-state index contributed by atoms with van der Waals surface area (Å²) in [5, 5.41) is 0. The number of esters is 1. The van der Waals surface area contributed by atoms with E-state index < -0.39 is 18.1 Å². The first-order valence-electron chi connectivity index (χ1n) is 7.21. The predicted octanol–water partition coefficient (Wildman–Crippen LogP) is 0.136. The summed E-state index contributed by atoms with van der Waals surface area (Å²) in [4.78, 5) is 27.7. The molecule has 0 aliphatic rings. The Labute approximate surface area is 134 Å². The fourth-order valence-corrected chi connectivity index (χ4v) is 2.20. The zero-order valence-electron chi connectivity index (χ0n) is 12.9. The number of rotatable bonds is 6. The van der Waals surface area contributed by atoms with Crippen molar-refractivity contribution in [1.82, 2.24) is 9.55 Å². The summed E-state index contributed by atoms with van der Waals surface area (Å²) in [7, 11) is 1.27. The van der Waals surface area contributed by atoms with E-state index in [2.05, 4.69) is 9.72 Å². The molecule has 0 saturated heterocycles. The molecule has 2 aromatic rings. The maximum absolute atomic E-state index is 12.3. The molecule has 122 valence electrons. The van der Waals surface area contributed by atoms with Crippen LogP contribution in [-0.4, -0.2) is 40.6 Å². The van der Waals surface area contributed by atoms with Gasteiger partial charge < -0.3 is 16.2 Å². The second-order valence-corrected chi connectivity index (χ2v) is 5.24. The van der Waals surface area contributed by atoms with Crippen LogP contribution in [0.25, 0.3) is 0 Å². The first-order chi connectivity index (χ1) is 11.0. The Bertz CT molecular complexity index is 669. The molecule has 0 saturated carbocycles. The van der Waals surface area contributed by atoms with Crippen molar-refractivity contribution in [2.24, 2.45) is 11.5 Å². The molecule has 23 heavy (non-hydrogen) atoms. The number of aromatic nitrogens is 2. The van der Waals surface area contributed by atoms with E-state index in [1.54, 1.807) is 0 Å². The van der Waals surface area contributed by atoms with Gasteiger partial charge >= 0.3 is 5.97 Å². The highest BCUT2D eigenvalue weighted by molar-refractivity contribution is 5.84. The molecule has 7 heteroatoms. The van der Waals surface area contributed by atoms with Gasteiger partial charge in [-0.15, -0.1) is 0 Å². The molecule has 0 amide bonds. The zero-order chi connectivity index (χ0) is 16.8. The van der Waals surface area contributed by atoms with E-state index in [-0.39, 0.29) is 12.3 Å². The minimum atomic E-state index is -0.809. The fraction of sp³-hybridized carbons (Fsp3) is 0.312. The molecule has 0 spiro atoms. The molecular weight excluding hydrogens is 296 g/mol. The minimum absolute atomic E-state index is 0.195. The maximum atomic E-state index is 12.3. The monoisotopic (exact) mass is 316 g/mol. The van der Waals surface area contributed by atoms with Crippen molar-refractivity contribution < 1.29 is 14.3 Å². The summed E-state index contributed by atoms with van der Waals surface area (Å²) in [6, 6.07) is 8.06. The van der Waals surface area contributed by atoms with Gasteiger partial charge in [-0.2, -0.15) is 0 Å². The van der Waals surface area contributed by atoms with Gasteiger partial charge in [0.15, 0.2) is 0 Å². The van der Waals surface area contributed by atoms with Crippen LogP contribution >= 0.6 is 0 Å². The Morgan fingerprint density at radius 2 is 1.87 bits per heavy atom. The minimum Gasteiger partial charge on any atom is -0.468 e. The molecule has 0 fully saturated rings. The maximum Gasteiger partial charge on any atom is 0.323 e. The average molecular weight is 316 g/mol. The van der Waals surface area contributed by atoms with Crippen LogP contribution in [0.2, 0.25) is 0 Å². The van der Waals surface area contributed by atoms with Crippen molar-refractivity contribution >= 4 is 11.9 Å². The zero-order valence-corrected chi connectivity index (χ0v) is 12.9. The molecule has 0 aliphatic carbocycles. The molecule has 2 rings (SSSR count). The van der Waals surface area contributed by atoms with Crippen LogP contribution in [0.3, 0.4) is 0 Å². The van der Waals surface area contributed by atoms with Gasteiger partial charge in [0.05, 0.1) is 18.8 Å². The molecule has 2 atom stereocenters. The van der Waals surface area contributed by atoms with Gasteiger partial charge in [0.1, 0.15) is 12.4 Å². The quantitative estimate of drug-likeness (QED) is 0.733. The largest absolute Gasteiger partial charge is 0.468 e. The predicted molar refractivity (Wildman–Crippen MR) is 84.7 cm³/mol. The lowest BCUT2D eigenvalue weighted by Gasteiger charge is -2.10. The summed E-state index contributed by atoms with van der Waals surface area (Å²) in [6.45, 7) is 0. The van der Waals surface area contributed by atoms with Crippen LogP contribution in [0.1, 0.15) is 16.1 Å². The molecule has 4 N–H and O–H groups in total. The number of methoxy groups -OCH3 is 1. The highest BCUT2D eigenvalue weighted by Crippen LogP contribution is 2.06. The third kappa shape index (κ3) is 4.48. The van der Waals surface area contributed by atoms with Gasteiger partial charge in [0.2, 0.25) is 5.91 Å². The molecule has 0 aliphatic heterocycles. The Balaban J connectivity index is 1.99. The standard InChI is InChI=1S/C16H20N4O3/c1-23-16(22)14(18)8-12-9-20(10-19-12)15(21)13(17)7-11-5-3-2-4-6-11/h2-6,9-10,13-14H,7-8,17-18H2,1H3/t13-,14-/m0/s1. The van der Waals surface area contributed by atoms with Crippen LogP contribution < -0.4 is 11.5 Å². The highest BCUT2D eigenvalue weighted by atomic mass is 16.5. The fourth-order valence-electron chi connectivity index (χ4n) is 2.20. The van der Waals surface area contributed by atoms with Gasteiger partial charge in [-0.05, 0) is 12.0 Å². The number of nitrogens with two attached hydrogens (primary N) is 2. The van der Waals surface area contributed by atoms with Crippen molar-refractivity contribution in [1.29, 1.82) is 0 Å². The third-order valence-corrected chi connectivity index (χ3v) is 3.44. The molecular formula is C16H20N4O3. The van der Waals surface area contributed by atoms with Crippen molar-refractivity contribution in [3.8, 4) is 0 Å². The first kappa shape index (κ1) is 16.9. The van der Waals surface area contributed by atoms with E-state index >= 15 is 0 Å². The molecule has 1 aromatic carbocycles. The van der Waals surface area contributed by atoms with Crippen molar-refractivity contribution in [3.05, 3.63) is 54.1 Å². The van der Waals surface area contributed by atoms with Crippen LogP contribution in [0.4, 0.5) is 0 Å². The Hall–Kier alpha value is -2.51. The van der Waals surface area contributed by atoms with Gasteiger partial charge in [0.25, 0.3) is 0 Å². The number of hydrogen-bond acceptors (Lipinski definition) is 6. The normalized spacial score (nSPS) is 13.3. The topological polar surface area (TPSA) is 113 Å². The van der Waals surface area contributed by atoms with E-state index in [1.165, 1.54) is 24.2 Å². The smallest absolute Gasteiger partial charge is 0.323 e. The number of hydrogen-bond donors (Lipinski definition) is 2. The summed E-state index contributed by atoms with van der Waals surface area (Å²) < 4.78 is 5.88. The van der Waals surface area contributed by atoms with Crippen molar-refractivity contribution in [3.63, 3.8) is 0 Å². The molecule has 0 bridgehead atoms. The van der Waals surface area contributed by atoms with E-state index in [0.717, 1.165) is 5.56 Å². The van der Waals surface area contributed by atoms with Crippen molar-refractivity contribution in [2.75, 3.05) is 7.11 Å². The van der Waals surface area contributed by atoms with Crippen LogP contribution in [0, 0.1) is 0 Å². The lowest BCUT2D eigenvalue weighted by molar-refractivity contribution is -0.142. The Morgan fingerprint density at radius 3 is 2.52 bits per heavy atom. The summed E-state index contributed by atoms with van der Waals surface area (Å²) in [5.41, 5.74) is 13.2. The molecule has 1 heterocycles. The average Bonchev–Trinajstić information content (AvgIpc) is 3.02. The van der Waals surface area contributed by atoms with E-state index in [0.29, 0.717) is 12.1 Å². The molecule has 1 aromatic heterocycles. The lowest BCUT2D eigenvalue weighted by Crippen LogP contribution is -2.36. The molecule has 7 nitrogen and oxygen atoms in total. The third-order valence-electron chi connectivity index (χ3n) is 3.44. The van der Waals surface area contributed by atoms with Crippen LogP contribution in [-0.2, 0) is 22.4 Å². The second-order valence-electron chi connectivity index (χ2n) is 5.24.